The van der Waals surface area contributed by atoms with E-state index in [4.69, 9.17) is 19.4 Å². The lowest BCUT2D eigenvalue weighted by Crippen LogP contribution is -2.50. The summed E-state index contributed by atoms with van der Waals surface area (Å²) in [5.74, 6) is 1.69. The quantitative estimate of drug-likeness (QED) is 0.871. The number of ether oxygens (including phenoxy) is 2. The molecule has 2 saturated heterocycles. The molecule has 2 aliphatic rings. The van der Waals surface area contributed by atoms with E-state index in [1.54, 1.807) is 7.11 Å². The van der Waals surface area contributed by atoms with Crippen molar-refractivity contribution in [3.8, 4) is 5.75 Å². The molecule has 28 heavy (non-hydrogen) atoms. The highest BCUT2D eigenvalue weighted by molar-refractivity contribution is 5.83. The number of aryl methyl sites for hydroxylation is 1. The monoisotopic (exact) mass is 384 g/mol. The average molecular weight is 385 g/mol. The SMILES string of the molecule is COc1ccc2nc(N3CCC(N[C@@H]4CCOC(C)(C)C4)CC3)nc(C)c2c1. The summed E-state index contributed by atoms with van der Waals surface area (Å²) in [6.07, 6.45) is 4.45. The number of fused-ring (bicyclic) bond motifs is 1. The Morgan fingerprint density at radius 3 is 2.64 bits per heavy atom. The molecule has 2 aliphatic heterocycles. The van der Waals surface area contributed by atoms with Gasteiger partial charge in [-0.2, -0.15) is 0 Å². The zero-order valence-electron chi connectivity index (χ0n) is 17.5. The molecule has 0 spiro atoms. The number of rotatable bonds is 4. The topological polar surface area (TPSA) is 59.5 Å². The average Bonchev–Trinajstić information content (AvgIpc) is 2.67. The number of aromatic nitrogens is 2. The molecule has 2 fully saturated rings. The summed E-state index contributed by atoms with van der Waals surface area (Å²) in [7, 11) is 1.69. The highest BCUT2D eigenvalue weighted by Crippen LogP contribution is 2.27. The molecular formula is C22H32N4O2. The number of hydrogen-bond acceptors (Lipinski definition) is 6. The molecule has 6 heteroatoms. The molecule has 152 valence electrons. The number of piperidine rings is 1. The van der Waals surface area contributed by atoms with Crippen molar-refractivity contribution in [1.29, 1.82) is 0 Å². The first kappa shape index (κ1) is 19.4. The van der Waals surface area contributed by atoms with Crippen molar-refractivity contribution in [2.45, 2.75) is 64.1 Å². The summed E-state index contributed by atoms with van der Waals surface area (Å²) in [5, 5.41) is 4.93. The van der Waals surface area contributed by atoms with Crippen LogP contribution in [0.15, 0.2) is 18.2 Å². The molecule has 0 radical (unpaired) electrons. The van der Waals surface area contributed by atoms with Crippen LogP contribution in [0.25, 0.3) is 10.9 Å². The Balaban J connectivity index is 1.39. The van der Waals surface area contributed by atoms with E-state index in [1.807, 2.05) is 25.1 Å². The molecule has 0 aliphatic carbocycles. The molecule has 2 aromatic rings. The van der Waals surface area contributed by atoms with Gasteiger partial charge in [0.1, 0.15) is 5.75 Å². The van der Waals surface area contributed by atoms with Crippen molar-refractivity contribution in [3.63, 3.8) is 0 Å². The standard InChI is InChI=1S/C22H32N4O2/c1-15-19-13-18(27-4)5-6-20(19)25-21(23-15)26-10-7-16(8-11-26)24-17-9-12-28-22(2,3)14-17/h5-6,13,16-17,24H,7-12,14H2,1-4H3/t17-/m1/s1. The Kier molecular flexibility index (Phi) is 5.43. The molecule has 6 nitrogen and oxygen atoms in total. The van der Waals surface area contributed by atoms with Crippen LogP contribution in [0.2, 0.25) is 0 Å². The van der Waals surface area contributed by atoms with Gasteiger partial charge in [0.15, 0.2) is 0 Å². The van der Waals surface area contributed by atoms with E-state index in [-0.39, 0.29) is 5.60 Å². The van der Waals surface area contributed by atoms with Gasteiger partial charge in [-0.15, -0.1) is 0 Å². The van der Waals surface area contributed by atoms with E-state index in [0.29, 0.717) is 12.1 Å². The van der Waals surface area contributed by atoms with Crippen molar-refractivity contribution in [1.82, 2.24) is 15.3 Å². The third kappa shape index (κ3) is 4.23. The summed E-state index contributed by atoms with van der Waals surface area (Å²) in [6.45, 7) is 9.28. The zero-order valence-corrected chi connectivity index (χ0v) is 17.5. The molecule has 1 aromatic carbocycles. The lowest BCUT2D eigenvalue weighted by molar-refractivity contribution is -0.0644. The Labute approximate surface area is 167 Å². The predicted molar refractivity (Wildman–Crippen MR) is 112 cm³/mol. The lowest BCUT2D eigenvalue weighted by Gasteiger charge is -2.40. The molecule has 1 atom stereocenters. The third-order valence-electron chi connectivity index (χ3n) is 6.03. The predicted octanol–water partition coefficient (Wildman–Crippen LogP) is 3.46. The number of hydrogen-bond donors (Lipinski definition) is 1. The van der Waals surface area contributed by atoms with Gasteiger partial charge in [0.05, 0.1) is 23.9 Å². The van der Waals surface area contributed by atoms with Crippen LogP contribution in [0.1, 0.15) is 45.2 Å². The molecule has 4 rings (SSSR count). The Morgan fingerprint density at radius 1 is 1.14 bits per heavy atom. The summed E-state index contributed by atoms with van der Waals surface area (Å²) in [4.78, 5) is 11.9. The van der Waals surface area contributed by atoms with Crippen LogP contribution in [0.5, 0.6) is 5.75 Å². The van der Waals surface area contributed by atoms with E-state index in [1.165, 1.54) is 0 Å². The fourth-order valence-electron chi connectivity index (χ4n) is 4.47. The second-order valence-corrected chi connectivity index (χ2v) is 8.72. The fourth-order valence-corrected chi connectivity index (χ4v) is 4.47. The zero-order chi connectivity index (χ0) is 19.7. The van der Waals surface area contributed by atoms with E-state index >= 15 is 0 Å². The number of benzene rings is 1. The van der Waals surface area contributed by atoms with E-state index in [2.05, 4.69) is 24.1 Å². The lowest BCUT2D eigenvalue weighted by atomic mass is 9.92. The van der Waals surface area contributed by atoms with Gasteiger partial charge in [0, 0.05) is 37.2 Å². The van der Waals surface area contributed by atoms with Crippen LogP contribution in [-0.2, 0) is 4.74 Å². The van der Waals surface area contributed by atoms with Crippen LogP contribution in [0, 0.1) is 6.92 Å². The fraction of sp³-hybridized carbons (Fsp3) is 0.636. The van der Waals surface area contributed by atoms with Crippen LogP contribution in [0.4, 0.5) is 5.95 Å². The maximum atomic E-state index is 5.85. The van der Waals surface area contributed by atoms with Gasteiger partial charge in [0.2, 0.25) is 5.95 Å². The van der Waals surface area contributed by atoms with Gasteiger partial charge in [-0.05, 0) is 64.7 Å². The minimum atomic E-state index is -0.00420. The first-order valence-electron chi connectivity index (χ1n) is 10.4. The minimum Gasteiger partial charge on any atom is -0.497 e. The third-order valence-corrected chi connectivity index (χ3v) is 6.03. The highest BCUT2D eigenvalue weighted by Gasteiger charge is 2.31. The molecular weight excluding hydrogens is 352 g/mol. The van der Waals surface area contributed by atoms with Gasteiger partial charge in [-0.25, -0.2) is 9.97 Å². The van der Waals surface area contributed by atoms with Crippen molar-refractivity contribution >= 4 is 16.9 Å². The molecule has 3 heterocycles. The molecule has 1 aromatic heterocycles. The van der Waals surface area contributed by atoms with Crippen LogP contribution in [-0.4, -0.2) is 54.5 Å². The first-order chi connectivity index (χ1) is 13.4. The van der Waals surface area contributed by atoms with E-state index in [0.717, 1.165) is 73.7 Å². The number of methoxy groups -OCH3 is 1. The summed E-state index contributed by atoms with van der Waals surface area (Å²) in [5.41, 5.74) is 1.98. The van der Waals surface area contributed by atoms with Gasteiger partial charge >= 0.3 is 0 Å². The minimum absolute atomic E-state index is 0.00420. The summed E-state index contributed by atoms with van der Waals surface area (Å²) in [6, 6.07) is 7.13. The maximum absolute atomic E-state index is 5.85. The molecule has 1 N–H and O–H groups in total. The number of anilines is 1. The smallest absolute Gasteiger partial charge is 0.226 e. The Hall–Kier alpha value is -1.92. The second-order valence-electron chi connectivity index (χ2n) is 8.72. The molecule has 0 amide bonds. The van der Waals surface area contributed by atoms with Crippen LogP contribution >= 0.6 is 0 Å². The molecule has 0 unspecified atom stereocenters. The van der Waals surface area contributed by atoms with Crippen LogP contribution in [0.3, 0.4) is 0 Å². The number of nitrogens with one attached hydrogen (secondary N) is 1. The molecule has 0 bridgehead atoms. The van der Waals surface area contributed by atoms with E-state index < -0.39 is 0 Å². The highest BCUT2D eigenvalue weighted by atomic mass is 16.5. The van der Waals surface area contributed by atoms with Gasteiger partial charge in [0.25, 0.3) is 0 Å². The Morgan fingerprint density at radius 2 is 1.93 bits per heavy atom. The van der Waals surface area contributed by atoms with E-state index in [9.17, 15) is 0 Å². The largest absolute Gasteiger partial charge is 0.497 e. The maximum Gasteiger partial charge on any atom is 0.226 e. The Bertz CT molecular complexity index is 831. The van der Waals surface area contributed by atoms with Gasteiger partial charge < -0.3 is 19.7 Å². The van der Waals surface area contributed by atoms with Gasteiger partial charge in [-0.1, -0.05) is 0 Å². The van der Waals surface area contributed by atoms with Crippen LogP contribution < -0.4 is 15.0 Å². The first-order valence-corrected chi connectivity index (χ1v) is 10.4. The van der Waals surface area contributed by atoms with Gasteiger partial charge in [-0.3, -0.25) is 0 Å². The molecule has 0 saturated carbocycles. The number of nitrogens with zero attached hydrogens (tertiary/aromatic N) is 3. The van der Waals surface area contributed by atoms with Crippen molar-refractivity contribution in [2.24, 2.45) is 0 Å². The summed E-state index contributed by atoms with van der Waals surface area (Å²) < 4.78 is 11.2. The van der Waals surface area contributed by atoms with Crippen molar-refractivity contribution < 1.29 is 9.47 Å². The second kappa shape index (κ2) is 7.84. The van der Waals surface area contributed by atoms with Crippen molar-refractivity contribution in [3.05, 3.63) is 23.9 Å². The normalized spacial score (nSPS) is 23.1. The summed E-state index contributed by atoms with van der Waals surface area (Å²) >= 11 is 0. The van der Waals surface area contributed by atoms with Crippen molar-refractivity contribution in [2.75, 3.05) is 31.7 Å².